The number of aliphatic hydroxyl groups is 1. The third kappa shape index (κ3) is 6.33. The Morgan fingerprint density at radius 2 is 1.73 bits per heavy atom. The van der Waals surface area contributed by atoms with E-state index >= 15 is 0 Å². The van der Waals surface area contributed by atoms with Crippen molar-refractivity contribution in [3.05, 3.63) is 59.9 Å². The average molecular weight is 428 g/mol. The molecule has 1 heterocycles. The van der Waals surface area contributed by atoms with E-state index in [-0.39, 0.29) is 24.3 Å². The van der Waals surface area contributed by atoms with Crippen LogP contribution in [0.15, 0.2) is 48.5 Å². The van der Waals surface area contributed by atoms with E-state index in [0.29, 0.717) is 25.2 Å². The van der Waals surface area contributed by atoms with Gasteiger partial charge in [0.25, 0.3) is 0 Å². The lowest BCUT2D eigenvalue weighted by atomic mass is 10.0. The molecule has 0 radical (unpaired) electrons. The number of carbonyl (C=O) groups is 1. The fourth-order valence-electron chi connectivity index (χ4n) is 3.09. The van der Waals surface area contributed by atoms with Crippen molar-refractivity contribution in [2.75, 3.05) is 18.4 Å². The molecule has 1 aliphatic heterocycles. The van der Waals surface area contributed by atoms with Gasteiger partial charge in [-0.2, -0.15) is 0 Å². The zero-order valence-electron chi connectivity index (χ0n) is 15.8. The number of nitrogens with zero attached hydrogens (tertiary/aromatic N) is 1. The molecular formula is C20H20F4N2O4. The maximum atomic E-state index is 13.8. The number of hydrogen-bond donors (Lipinski definition) is 2. The molecular weight excluding hydrogens is 408 g/mol. The monoisotopic (exact) mass is 428 g/mol. The smallest absolute Gasteiger partial charge is 0.417 e. The Balaban J connectivity index is 1.48. The first-order valence-corrected chi connectivity index (χ1v) is 9.16. The third-order valence-corrected chi connectivity index (χ3v) is 4.61. The number of likely N-dealkylation sites (tertiary alicyclic amines) is 1. The van der Waals surface area contributed by atoms with E-state index in [0.717, 1.165) is 12.1 Å². The molecule has 6 nitrogen and oxygen atoms in total. The molecule has 0 atom stereocenters. The molecule has 162 valence electrons. The van der Waals surface area contributed by atoms with Gasteiger partial charge in [-0.05, 0) is 30.3 Å². The number of anilines is 1. The molecule has 1 aliphatic rings. The topological polar surface area (TPSA) is 71.0 Å². The summed E-state index contributed by atoms with van der Waals surface area (Å²) >= 11 is 0. The number of amides is 1. The molecule has 2 aromatic rings. The van der Waals surface area contributed by atoms with Gasteiger partial charge in [0.2, 0.25) is 5.79 Å². The lowest BCUT2D eigenvalue weighted by Crippen LogP contribution is -2.47. The Labute approximate surface area is 170 Å². The van der Waals surface area contributed by atoms with Gasteiger partial charge in [0.05, 0.1) is 0 Å². The zero-order chi connectivity index (χ0) is 21.8. The molecule has 3 rings (SSSR count). The Morgan fingerprint density at radius 1 is 1.10 bits per heavy atom. The van der Waals surface area contributed by atoms with Gasteiger partial charge in [-0.25, -0.2) is 9.18 Å². The fraction of sp³-hybridized carbons (Fsp3) is 0.350. The van der Waals surface area contributed by atoms with Gasteiger partial charge in [-0.15, -0.1) is 13.2 Å². The molecule has 30 heavy (non-hydrogen) atoms. The van der Waals surface area contributed by atoms with Crippen LogP contribution in [0.4, 0.5) is 28.0 Å². The van der Waals surface area contributed by atoms with E-state index < -0.39 is 24.0 Å². The van der Waals surface area contributed by atoms with Gasteiger partial charge >= 0.3 is 12.5 Å². The van der Waals surface area contributed by atoms with Crippen LogP contribution in [0.5, 0.6) is 5.75 Å². The summed E-state index contributed by atoms with van der Waals surface area (Å²) in [6, 6.07) is 10.9. The van der Waals surface area contributed by atoms with Crippen LogP contribution in [-0.4, -0.2) is 41.3 Å². The van der Waals surface area contributed by atoms with Crippen LogP contribution < -0.4 is 10.1 Å². The van der Waals surface area contributed by atoms with E-state index in [1.54, 1.807) is 18.2 Å². The number of alkyl halides is 3. The van der Waals surface area contributed by atoms with Crippen molar-refractivity contribution in [2.24, 2.45) is 0 Å². The number of hydrogen-bond acceptors (Lipinski definition) is 5. The van der Waals surface area contributed by atoms with Crippen molar-refractivity contribution in [3.8, 4) is 5.75 Å². The zero-order valence-corrected chi connectivity index (χ0v) is 15.8. The largest absolute Gasteiger partial charge is 0.573 e. The second-order valence-corrected chi connectivity index (χ2v) is 6.90. The van der Waals surface area contributed by atoms with Crippen LogP contribution in [0.2, 0.25) is 0 Å². The minimum absolute atomic E-state index is 0.132. The summed E-state index contributed by atoms with van der Waals surface area (Å²) in [7, 11) is 0. The molecule has 2 N–H and O–H groups in total. The highest BCUT2D eigenvalue weighted by Crippen LogP contribution is 2.27. The van der Waals surface area contributed by atoms with Crippen molar-refractivity contribution in [1.82, 2.24) is 4.90 Å². The van der Waals surface area contributed by atoms with Gasteiger partial charge in [0, 0.05) is 43.7 Å². The Kier molecular flexibility index (Phi) is 6.47. The maximum Gasteiger partial charge on any atom is 0.573 e. The van der Waals surface area contributed by atoms with Gasteiger partial charge in [-0.3, -0.25) is 10.2 Å². The van der Waals surface area contributed by atoms with Crippen molar-refractivity contribution in [3.63, 3.8) is 0 Å². The molecule has 0 saturated carbocycles. The van der Waals surface area contributed by atoms with Crippen molar-refractivity contribution < 1.29 is 36.9 Å². The summed E-state index contributed by atoms with van der Waals surface area (Å²) in [6.45, 7) is 1.16. The summed E-state index contributed by atoms with van der Waals surface area (Å²) in [5, 5.41) is 12.8. The highest BCUT2D eigenvalue weighted by molar-refractivity contribution is 5.84. The summed E-state index contributed by atoms with van der Waals surface area (Å²) in [5.74, 6) is -2.42. The van der Waals surface area contributed by atoms with Crippen LogP contribution >= 0.6 is 0 Å². The average Bonchev–Trinajstić information content (AvgIpc) is 2.66. The van der Waals surface area contributed by atoms with Crippen LogP contribution in [0.3, 0.4) is 0 Å². The summed E-state index contributed by atoms with van der Waals surface area (Å²) in [4.78, 5) is 14.0. The molecule has 1 amide bonds. The molecule has 10 heteroatoms. The number of halogens is 4. The Hall–Kier alpha value is -2.85. The lowest BCUT2D eigenvalue weighted by Gasteiger charge is -2.37. The third-order valence-electron chi connectivity index (χ3n) is 4.61. The van der Waals surface area contributed by atoms with Crippen LogP contribution in [0.1, 0.15) is 18.4 Å². The van der Waals surface area contributed by atoms with Gasteiger partial charge in [0.15, 0.2) is 0 Å². The van der Waals surface area contributed by atoms with Crippen LogP contribution in [0.25, 0.3) is 0 Å². The first-order valence-electron chi connectivity index (χ1n) is 9.16. The maximum absolute atomic E-state index is 13.8. The first kappa shape index (κ1) is 21.8. The van der Waals surface area contributed by atoms with E-state index in [1.807, 2.05) is 4.90 Å². The number of rotatable bonds is 5. The molecule has 2 aromatic carbocycles. The fourth-order valence-corrected chi connectivity index (χ4v) is 3.09. The number of carbonyl (C=O) groups excluding carboxylic acids is 1. The molecule has 1 saturated heterocycles. The predicted octanol–water partition coefficient (Wildman–Crippen LogP) is 4.26. The standard InChI is InChI=1S/C20H20F4N2O4/c21-17-4-2-1-3-14(17)13-26-11-9-19(28,10-12-26)30-18(27)25-15-5-7-16(8-6-15)29-20(22,23)24/h1-8,28H,9-13H2,(H,25,27). The minimum Gasteiger partial charge on any atom is -0.417 e. The predicted molar refractivity (Wildman–Crippen MR) is 99.1 cm³/mol. The summed E-state index contributed by atoms with van der Waals surface area (Å²) in [6.07, 6.45) is -5.48. The second kappa shape index (κ2) is 8.88. The minimum atomic E-state index is -4.81. The Bertz CT molecular complexity index is 866. The normalized spacial score (nSPS) is 16.7. The van der Waals surface area contributed by atoms with E-state index in [2.05, 4.69) is 10.1 Å². The van der Waals surface area contributed by atoms with E-state index in [4.69, 9.17) is 4.74 Å². The SMILES string of the molecule is O=C(Nc1ccc(OC(F)(F)F)cc1)OC1(O)CCN(Cc2ccccc2F)CC1. The van der Waals surface area contributed by atoms with E-state index in [1.165, 1.54) is 18.2 Å². The molecule has 0 spiro atoms. The van der Waals surface area contributed by atoms with Gasteiger partial charge in [0.1, 0.15) is 11.6 Å². The van der Waals surface area contributed by atoms with Crippen molar-refractivity contribution >= 4 is 11.8 Å². The molecule has 0 aliphatic carbocycles. The quantitative estimate of drug-likeness (QED) is 0.550. The number of piperidine rings is 1. The molecule has 0 unspecified atom stereocenters. The molecule has 0 bridgehead atoms. The number of benzene rings is 2. The number of nitrogens with one attached hydrogen (secondary N) is 1. The highest BCUT2D eigenvalue weighted by atomic mass is 19.4. The summed E-state index contributed by atoms with van der Waals surface area (Å²) < 4.78 is 59.1. The van der Waals surface area contributed by atoms with Crippen molar-refractivity contribution in [1.29, 1.82) is 0 Å². The molecule has 0 aromatic heterocycles. The van der Waals surface area contributed by atoms with Gasteiger partial charge < -0.3 is 14.6 Å². The lowest BCUT2D eigenvalue weighted by molar-refractivity contribution is -0.274. The van der Waals surface area contributed by atoms with E-state index in [9.17, 15) is 27.5 Å². The first-order chi connectivity index (χ1) is 14.1. The van der Waals surface area contributed by atoms with Crippen molar-refractivity contribution in [2.45, 2.75) is 31.5 Å². The van der Waals surface area contributed by atoms with Gasteiger partial charge in [-0.1, -0.05) is 18.2 Å². The second-order valence-electron chi connectivity index (χ2n) is 6.90. The van der Waals surface area contributed by atoms with Crippen LogP contribution in [0, 0.1) is 5.82 Å². The molecule has 1 fully saturated rings. The number of ether oxygens (including phenoxy) is 2. The summed E-state index contributed by atoms with van der Waals surface area (Å²) in [5.41, 5.74) is 0.717. The highest BCUT2D eigenvalue weighted by Gasteiger charge is 2.36. The van der Waals surface area contributed by atoms with Crippen LogP contribution in [-0.2, 0) is 11.3 Å². The Morgan fingerprint density at radius 3 is 2.33 bits per heavy atom.